The van der Waals surface area contributed by atoms with Gasteiger partial charge in [0.1, 0.15) is 5.69 Å². The third-order valence-corrected chi connectivity index (χ3v) is 4.73. The van der Waals surface area contributed by atoms with Gasteiger partial charge in [0, 0.05) is 29.9 Å². The van der Waals surface area contributed by atoms with Crippen molar-refractivity contribution in [1.29, 1.82) is 0 Å². The highest BCUT2D eigenvalue weighted by molar-refractivity contribution is 5.95. The molecule has 1 saturated heterocycles. The number of hydrogen-bond acceptors (Lipinski definition) is 5. The lowest BCUT2D eigenvalue weighted by atomic mass is 10.1. The fourth-order valence-electron chi connectivity index (χ4n) is 3.00. The van der Waals surface area contributed by atoms with Crippen LogP contribution in [0.3, 0.4) is 0 Å². The first-order chi connectivity index (χ1) is 13.6. The zero-order valence-corrected chi connectivity index (χ0v) is 15.4. The van der Waals surface area contributed by atoms with Crippen molar-refractivity contribution in [3.8, 4) is 11.3 Å². The van der Waals surface area contributed by atoms with Crippen LogP contribution in [0.1, 0.15) is 22.5 Å². The number of carbonyl (C=O) groups is 1. The molecular weight excluding hydrogens is 350 g/mol. The van der Waals surface area contributed by atoms with Gasteiger partial charge < -0.3 is 16.0 Å². The Kier molecular flexibility index (Phi) is 4.76. The lowest BCUT2D eigenvalue weighted by Crippen LogP contribution is -2.41. The largest absolute Gasteiger partial charge is 0.382 e. The van der Waals surface area contributed by atoms with Crippen molar-refractivity contribution < 1.29 is 4.79 Å². The van der Waals surface area contributed by atoms with E-state index in [-0.39, 0.29) is 5.91 Å². The molecule has 0 saturated carbocycles. The summed E-state index contributed by atoms with van der Waals surface area (Å²) < 4.78 is 0. The van der Waals surface area contributed by atoms with E-state index in [9.17, 15) is 4.79 Å². The average molecular weight is 371 g/mol. The normalized spacial score (nSPS) is 12.9. The molecule has 1 aliphatic rings. The van der Waals surface area contributed by atoms with Gasteiger partial charge in [0.2, 0.25) is 0 Å². The molecule has 0 radical (unpaired) electrons. The summed E-state index contributed by atoms with van der Waals surface area (Å²) in [6.07, 6.45) is 2.70. The van der Waals surface area contributed by atoms with Crippen molar-refractivity contribution in [2.24, 2.45) is 0 Å². The monoisotopic (exact) mass is 371 g/mol. The number of anilines is 2. The van der Waals surface area contributed by atoms with Crippen molar-refractivity contribution >= 4 is 23.1 Å². The Balaban J connectivity index is 1.56. The number of likely N-dealkylation sites (tertiary alicyclic amines) is 1. The molecule has 28 heavy (non-hydrogen) atoms. The molecule has 0 bridgehead atoms. The molecule has 0 atom stereocenters. The number of para-hydroxylation sites is 1. The molecule has 3 aromatic rings. The third-order valence-electron chi connectivity index (χ3n) is 4.73. The van der Waals surface area contributed by atoms with Crippen molar-refractivity contribution in [3.05, 3.63) is 78.6 Å². The van der Waals surface area contributed by atoms with Gasteiger partial charge in [0.15, 0.2) is 5.82 Å². The highest BCUT2D eigenvalue weighted by atomic mass is 16.2. The number of nitrogen functional groups attached to an aromatic ring is 1. The molecule has 2 heterocycles. The molecule has 6 nitrogen and oxygen atoms in total. The maximum absolute atomic E-state index is 12.3. The van der Waals surface area contributed by atoms with E-state index < -0.39 is 0 Å². The van der Waals surface area contributed by atoms with Gasteiger partial charge in [-0.15, -0.1) is 0 Å². The van der Waals surface area contributed by atoms with Crippen LogP contribution in [0, 0.1) is 0 Å². The van der Waals surface area contributed by atoms with E-state index in [1.807, 2.05) is 59.5 Å². The molecule has 140 valence electrons. The molecule has 1 fully saturated rings. The summed E-state index contributed by atoms with van der Waals surface area (Å²) in [5, 5.41) is 3.20. The number of benzene rings is 2. The zero-order valence-electron chi connectivity index (χ0n) is 15.4. The maximum atomic E-state index is 12.3. The first-order valence-corrected chi connectivity index (χ1v) is 9.15. The summed E-state index contributed by atoms with van der Waals surface area (Å²) in [5.41, 5.74) is 10.2. The minimum absolute atomic E-state index is 0.0716. The van der Waals surface area contributed by atoms with Crippen LogP contribution in [0.2, 0.25) is 0 Å². The number of carbonyl (C=O) groups excluding carboxylic acids is 1. The van der Waals surface area contributed by atoms with E-state index in [0.29, 0.717) is 28.5 Å². The van der Waals surface area contributed by atoms with E-state index in [2.05, 4.69) is 21.9 Å². The molecule has 6 heteroatoms. The highest BCUT2D eigenvalue weighted by Crippen LogP contribution is 2.24. The number of nitrogens with two attached hydrogens (primary N) is 1. The van der Waals surface area contributed by atoms with Gasteiger partial charge in [-0.3, -0.25) is 4.79 Å². The Labute approximate surface area is 163 Å². The number of hydrogen-bond donors (Lipinski definition) is 2. The van der Waals surface area contributed by atoms with Gasteiger partial charge in [-0.05, 0) is 30.7 Å². The van der Waals surface area contributed by atoms with E-state index in [1.165, 1.54) is 0 Å². The number of rotatable bonds is 5. The highest BCUT2D eigenvalue weighted by Gasteiger charge is 2.21. The molecule has 3 N–H and O–H groups in total. The van der Waals surface area contributed by atoms with Gasteiger partial charge in [-0.1, -0.05) is 36.9 Å². The van der Waals surface area contributed by atoms with Crippen LogP contribution in [0.15, 0.2) is 67.4 Å². The third kappa shape index (κ3) is 3.57. The Morgan fingerprint density at radius 2 is 1.79 bits per heavy atom. The molecule has 4 rings (SSSR count). The van der Waals surface area contributed by atoms with Crippen LogP contribution in [-0.4, -0.2) is 33.9 Å². The van der Waals surface area contributed by atoms with Gasteiger partial charge in [-0.2, -0.15) is 0 Å². The minimum atomic E-state index is 0.0716. The molecule has 1 aromatic heterocycles. The standard InChI is InChI=1S/C22H21N5O/c1-15(25-18-6-3-2-4-7-18)20-21(23)24-14-19(26-20)16-8-10-17(11-9-16)22(28)27-12-5-13-27/h2-4,6-11,14,25H,1,5,12-13H2,(H2,23,24). The van der Waals surface area contributed by atoms with Gasteiger partial charge in [-0.25, -0.2) is 9.97 Å². The number of nitrogens with zero attached hydrogens (tertiary/aromatic N) is 3. The molecule has 0 aliphatic carbocycles. The number of aromatic nitrogens is 2. The zero-order chi connectivity index (χ0) is 19.5. The summed E-state index contributed by atoms with van der Waals surface area (Å²) in [5.74, 6) is 0.379. The second-order valence-electron chi connectivity index (χ2n) is 6.68. The second-order valence-corrected chi connectivity index (χ2v) is 6.68. The average Bonchev–Trinajstić information content (AvgIpc) is 2.68. The SMILES string of the molecule is C=C(Nc1ccccc1)c1nc(-c2ccc(C(=O)N3CCC3)cc2)cnc1N. The summed E-state index contributed by atoms with van der Waals surface area (Å²) in [6.45, 7) is 5.72. The number of amides is 1. The van der Waals surface area contributed by atoms with Gasteiger partial charge in [0.25, 0.3) is 5.91 Å². The lowest BCUT2D eigenvalue weighted by molar-refractivity contribution is 0.0652. The first-order valence-electron chi connectivity index (χ1n) is 9.15. The molecule has 1 aliphatic heterocycles. The van der Waals surface area contributed by atoms with Crippen LogP contribution in [0.25, 0.3) is 17.0 Å². The van der Waals surface area contributed by atoms with Gasteiger partial charge in [0.05, 0.1) is 17.6 Å². The Morgan fingerprint density at radius 3 is 2.43 bits per heavy atom. The summed E-state index contributed by atoms with van der Waals surface area (Å²) >= 11 is 0. The molecule has 0 unspecified atom stereocenters. The van der Waals surface area contributed by atoms with E-state index in [4.69, 9.17) is 5.73 Å². The van der Waals surface area contributed by atoms with E-state index in [1.54, 1.807) is 6.20 Å². The van der Waals surface area contributed by atoms with Crippen LogP contribution in [-0.2, 0) is 0 Å². The first kappa shape index (κ1) is 17.7. The van der Waals surface area contributed by atoms with Crippen molar-refractivity contribution in [3.63, 3.8) is 0 Å². The molecule has 1 amide bonds. The predicted octanol–water partition coefficient (Wildman–Crippen LogP) is 3.65. The minimum Gasteiger partial charge on any atom is -0.382 e. The quantitative estimate of drug-likeness (QED) is 0.715. The van der Waals surface area contributed by atoms with E-state index >= 15 is 0 Å². The second kappa shape index (κ2) is 7.52. The Hall–Kier alpha value is -3.67. The topological polar surface area (TPSA) is 84.1 Å². The summed E-state index contributed by atoms with van der Waals surface area (Å²) in [6, 6.07) is 17.1. The van der Waals surface area contributed by atoms with Crippen molar-refractivity contribution in [1.82, 2.24) is 14.9 Å². The summed E-state index contributed by atoms with van der Waals surface area (Å²) in [4.78, 5) is 23.0. The fraction of sp³-hybridized carbons (Fsp3) is 0.136. The number of nitrogens with one attached hydrogen (secondary N) is 1. The molecule has 0 spiro atoms. The predicted molar refractivity (Wildman–Crippen MR) is 111 cm³/mol. The van der Waals surface area contributed by atoms with Crippen LogP contribution in [0.5, 0.6) is 0 Å². The Bertz CT molecular complexity index is 1010. The van der Waals surface area contributed by atoms with Crippen LogP contribution in [0.4, 0.5) is 11.5 Å². The van der Waals surface area contributed by atoms with Crippen LogP contribution >= 0.6 is 0 Å². The summed E-state index contributed by atoms with van der Waals surface area (Å²) in [7, 11) is 0. The smallest absolute Gasteiger partial charge is 0.253 e. The van der Waals surface area contributed by atoms with Crippen LogP contribution < -0.4 is 11.1 Å². The molecule has 2 aromatic carbocycles. The lowest BCUT2D eigenvalue weighted by Gasteiger charge is -2.30. The van der Waals surface area contributed by atoms with Gasteiger partial charge >= 0.3 is 0 Å². The van der Waals surface area contributed by atoms with E-state index in [0.717, 1.165) is 30.8 Å². The molecular formula is C22H21N5O. The fourth-order valence-corrected chi connectivity index (χ4v) is 3.00. The van der Waals surface area contributed by atoms with Crippen molar-refractivity contribution in [2.45, 2.75) is 6.42 Å². The van der Waals surface area contributed by atoms with Crippen molar-refractivity contribution in [2.75, 3.05) is 24.1 Å². The Morgan fingerprint density at radius 1 is 1.07 bits per heavy atom. The maximum Gasteiger partial charge on any atom is 0.253 e.